The molecule has 0 aliphatic carbocycles. The zero-order valence-corrected chi connectivity index (χ0v) is 7.73. The van der Waals surface area contributed by atoms with Gasteiger partial charge in [0.05, 0.1) is 0 Å². The Hall–Kier alpha value is 0.956. The van der Waals surface area contributed by atoms with Gasteiger partial charge >= 0.3 is 23.1 Å². The molecule has 0 spiro atoms. The molecule has 0 bridgehead atoms. The second-order valence-electron chi connectivity index (χ2n) is 1.48. The van der Waals surface area contributed by atoms with E-state index in [2.05, 4.69) is 0 Å². The Balaban J connectivity index is -0.0000000600. The second kappa shape index (κ2) is 4.80. The molecule has 0 aromatic heterocycles. The van der Waals surface area contributed by atoms with E-state index in [1.54, 1.807) is 13.8 Å². The third kappa shape index (κ3) is 5.10. The predicted octanol–water partition coefficient (Wildman–Crippen LogP) is 1.14. The SMILES string of the molecule is CCP(=O)(O)CC.[H-].[H-].[Mg+2]. The van der Waals surface area contributed by atoms with Gasteiger partial charge in [-0.2, -0.15) is 0 Å². The van der Waals surface area contributed by atoms with Gasteiger partial charge in [0, 0.05) is 12.3 Å². The van der Waals surface area contributed by atoms with Crippen molar-refractivity contribution in [2.24, 2.45) is 0 Å². The molecule has 0 unspecified atom stereocenters. The van der Waals surface area contributed by atoms with Gasteiger partial charge in [-0.15, -0.1) is 0 Å². The summed E-state index contributed by atoms with van der Waals surface area (Å²) in [6.45, 7) is 3.45. The molecule has 0 fully saturated rings. The largest absolute Gasteiger partial charge is 2.00 e. The van der Waals surface area contributed by atoms with Crippen molar-refractivity contribution in [3.8, 4) is 0 Å². The van der Waals surface area contributed by atoms with Crippen LogP contribution in [0.15, 0.2) is 0 Å². The van der Waals surface area contributed by atoms with Crippen molar-refractivity contribution < 1.29 is 12.3 Å². The summed E-state index contributed by atoms with van der Waals surface area (Å²) in [7, 11) is -2.65. The monoisotopic (exact) mass is 148 g/mol. The molecule has 0 rings (SSSR count). The summed E-state index contributed by atoms with van der Waals surface area (Å²) in [5.41, 5.74) is 0. The average molecular weight is 148 g/mol. The van der Waals surface area contributed by atoms with Gasteiger partial charge < -0.3 is 7.75 Å². The van der Waals surface area contributed by atoms with Gasteiger partial charge in [0.15, 0.2) is 7.37 Å². The van der Waals surface area contributed by atoms with Gasteiger partial charge in [-0.1, -0.05) is 13.8 Å². The van der Waals surface area contributed by atoms with Crippen molar-refractivity contribution in [3.63, 3.8) is 0 Å². The fourth-order valence-corrected chi connectivity index (χ4v) is 0.671. The van der Waals surface area contributed by atoms with Crippen molar-refractivity contribution in [1.29, 1.82) is 0 Å². The van der Waals surface area contributed by atoms with Crippen LogP contribution in [0.1, 0.15) is 16.7 Å². The fraction of sp³-hybridized carbons (Fsp3) is 1.00. The molecule has 4 heteroatoms. The van der Waals surface area contributed by atoms with Gasteiger partial charge in [0.2, 0.25) is 0 Å². The normalized spacial score (nSPS) is 10.4. The molecule has 0 saturated carbocycles. The maximum absolute atomic E-state index is 10.5. The van der Waals surface area contributed by atoms with Crippen LogP contribution in [0.5, 0.6) is 0 Å². The molecule has 0 heterocycles. The van der Waals surface area contributed by atoms with Crippen molar-refractivity contribution in [2.45, 2.75) is 13.8 Å². The molecule has 0 atom stereocenters. The van der Waals surface area contributed by atoms with E-state index in [-0.39, 0.29) is 25.9 Å². The van der Waals surface area contributed by atoms with E-state index in [1.165, 1.54) is 0 Å². The molecular formula is C4H13MgO2P. The molecule has 0 radical (unpaired) electrons. The van der Waals surface area contributed by atoms with E-state index in [0.717, 1.165) is 0 Å². The van der Waals surface area contributed by atoms with Crippen LogP contribution in [0.25, 0.3) is 0 Å². The molecule has 0 saturated heterocycles. The Kier molecular flexibility index (Phi) is 7.03. The third-order valence-electron chi connectivity index (χ3n) is 0.988. The number of hydrogen-bond acceptors (Lipinski definition) is 1. The first kappa shape index (κ1) is 11.7. The Labute approximate surface area is 69.2 Å². The van der Waals surface area contributed by atoms with Crippen LogP contribution in [0.2, 0.25) is 0 Å². The summed E-state index contributed by atoms with van der Waals surface area (Å²) in [6.07, 6.45) is 0.812. The Morgan fingerprint density at radius 2 is 1.75 bits per heavy atom. The van der Waals surface area contributed by atoms with Gasteiger partial charge in [0.1, 0.15) is 0 Å². The topological polar surface area (TPSA) is 37.3 Å². The van der Waals surface area contributed by atoms with Crippen molar-refractivity contribution >= 4 is 30.4 Å². The van der Waals surface area contributed by atoms with E-state index in [4.69, 9.17) is 4.89 Å². The average Bonchev–Trinajstić information content (AvgIpc) is 1.68. The second-order valence-corrected chi connectivity index (χ2v) is 4.44. The van der Waals surface area contributed by atoms with Crippen LogP contribution in [0.4, 0.5) is 0 Å². The van der Waals surface area contributed by atoms with E-state index >= 15 is 0 Å². The van der Waals surface area contributed by atoms with Crippen LogP contribution in [0, 0.1) is 0 Å². The zero-order chi connectivity index (χ0) is 5.91. The zero-order valence-electron chi connectivity index (χ0n) is 7.42. The first-order chi connectivity index (χ1) is 3.12. The first-order valence-corrected chi connectivity index (χ1v) is 4.46. The Morgan fingerprint density at radius 1 is 1.50 bits per heavy atom. The molecule has 2 nitrogen and oxygen atoms in total. The quantitative estimate of drug-likeness (QED) is 0.471. The summed E-state index contributed by atoms with van der Waals surface area (Å²) < 4.78 is 10.5. The summed E-state index contributed by atoms with van der Waals surface area (Å²) in [4.78, 5) is 8.69. The van der Waals surface area contributed by atoms with Crippen LogP contribution < -0.4 is 0 Å². The summed E-state index contributed by atoms with van der Waals surface area (Å²) in [5.74, 6) is 0. The predicted molar refractivity (Wildman–Crippen MR) is 38.9 cm³/mol. The van der Waals surface area contributed by atoms with Gasteiger partial charge in [-0.3, -0.25) is 4.57 Å². The van der Waals surface area contributed by atoms with Crippen LogP contribution in [-0.2, 0) is 4.57 Å². The molecule has 0 aromatic carbocycles. The Bertz CT molecular complexity index is 93.3. The van der Waals surface area contributed by atoms with E-state index in [0.29, 0.717) is 12.3 Å². The van der Waals surface area contributed by atoms with Crippen LogP contribution in [-0.4, -0.2) is 40.3 Å². The molecule has 0 aliphatic rings. The first-order valence-electron chi connectivity index (χ1n) is 2.43. The van der Waals surface area contributed by atoms with Gasteiger partial charge in [-0.25, -0.2) is 0 Å². The van der Waals surface area contributed by atoms with E-state index in [1.807, 2.05) is 0 Å². The fourth-order valence-electron chi connectivity index (χ4n) is 0.224. The Morgan fingerprint density at radius 3 is 1.75 bits per heavy atom. The van der Waals surface area contributed by atoms with Crippen LogP contribution in [0.3, 0.4) is 0 Å². The maximum Gasteiger partial charge on any atom is 2.00 e. The molecule has 0 aliphatic heterocycles. The molecule has 1 N–H and O–H groups in total. The molecule has 0 aromatic rings. The third-order valence-corrected chi connectivity index (χ3v) is 2.96. The summed E-state index contributed by atoms with van der Waals surface area (Å²) in [5, 5.41) is 0. The maximum atomic E-state index is 10.5. The van der Waals surface area contributed by atoms with Gasteiger partial charge in [0.25, 0.3) is 0 Å². The van der Waals surface area contributed by atoms with E-state index < -0.39 is 7.37 Å². The minimum absolute atomic E-state index is 0. The van der Waals surface area contributed by atoms with Crippen molar-refractivity contribution in [3.05, 3.63) is 0 Å². The summed E-state index contributed by atoms with van der Waals surface area (Å²) >= 11 is 0. The molecule has 48 valence electrons. The minimum atomic E-state index is -2.65. The van der Waals surface area contributed by atoms with Crippen molar-refractivity contribution in [1.82, 2.24) is 0 Å². The molecule has 8 heavy (non-hydrogen) atoms. The molecule has 0 amide bonds. The van der Waals surface area contributed by atoms with Gasteiger partial charge in [-0.05, 0) is 0 Å². The summed E-state index contributed by atoms with van der Waals surface area (Å²) in [6, 6.07) is 0. The van der Waals surface area contributed by atoms with E-state index in [9.17, 15) is 4.57 Å². The standard InChI is InChI=1S/C4H11O2P.Mg.2H/c1-3-7(5,6)4-2;;;/h3-4H2,1-2H3,(H,5,6);;;/q;+2;2*-1. The number of rotatable bonds is 2. The minimum Gasteiger partial charge on any atom is -1.00 e. The smallest absolute Gasteiger partial charge is 1.00 e. The van der Waals surface area contributed by atoms with Crippen molar-refractivity contribution in [2.75, 3.05) is 12.3 Å². The van der Waals surface area contributed by atoms with Crippen LogP contribution >= 0.6 is 7.37 Å². The molecular weight excluding hydrogens is 135 g/mol. The number of hydrogen-bond donors (Lipinski definition) is 1.